The van der Waals surface area contributed by atoms with Crippen LogP contribution in [0.15, 0.2) is 52.7 Å². The fraction of sp³-hybridized carbons (Fsp3) is 0.273. The first-order chi connectivity index (χ1) is 14.3. The second-order valence-corrected chi connectivity index (χ2v) is 9.60. The van der Waals surface area contributed by atoms with Gasteiger partial charge >= 0.3 is 5.97 Å². The summed E-state index contributed by atoms with van der Waals surface area (Å²) in [5.41, 5.74) is 4.13. The van der Waals surface area contributed by atoms with Gasteiger partial charge in [0.2, 0.25) is 10.0 Å². The van der Waals surface area contributed by atoms with Crippen LogP contribution in [-0.2, 0) is 21.2 Å². The topological polar surface area (TPSA) is 85.4 Å². The third-order valence-electron chi connectivity index (χ3n) is 4.68. The summed E-state index contributed by atoms with van der Waals surface area (Å²) in [5, 5.41) is 2.97. The van der Waals surface area contributed by atoms with Crippen molar-refractivity contribution in [1.82, 2.24) is 9.71 Å². The summed E-state index contributed by atoms with van der Waals surface area (Å²) >= 11 is 1.58. The van der Waals surface area contributed by atoms with Gasteiger partial charge in [-0.2, -0.15) is 0 Å². The van der Waals surface area contributed by atoms with E-state index in [0.717, 1.165) is 16.3 Å². The zero-order valence-corrected chi connectivity index (χ0v) is 18.8. The number of aryl methyl sites for hydroxylation is 3. The lowest BCUT2D eigenvalue weighted by molar-refractivity contribution is 0.0599. The second kappa shape index (κ2) is 9.51. The predicted octanol–water partition coefficient (Wildman–Crippen LogP) is 4.12. The molecule has 0 bridgehead atoms. The average molecular weight is 445 g/mol. The van der Waals surface area contributed by atoms with Crippen molar-refractivity contribution < 1.29 is 17.9 Å². The van der Waals surface area contributed by atoms with Crippen molar-refractivity contribution in [2.24, 2.45) is 0 Å². The molecule has 0 atom stereocenters. The van der Waals surface area contributed by atoms with Crippen LogP contribution in [0.4, 0.5) is 0 Å². The Hall–Kier alpha value is -2.55. The molecule has 0 spiro atoms. The van der Waals surface area contributed by atoms with E-state index in [1.165, 1.54) is 24.8 Å². The van der Waals surface area contributed by atoms with E-state index < -0.39 is 16.0 Å². The number of rotatable bonds is 8. The Bertz CT molecular complexity index is 1140. The van der Waals surface area contributed by atoms with Crippen LogP contribution in [0, 0.1) is 13.8 Å². The van der Waals surface area contributed by atoms with Crippen LogP contribution in [0.1, 0.15) is 33.6 Å². The van der Waals surface area contributed by atoms with Crippen LogP contribution in [-0.4, -0.2) is 33.0 Å². The molecule has 30 heavy (non-hydrogen) atoms. The van der Waals surface area contributed by atoms with Crippen LogP contribution in [0.5, 0.6) is 0 Å². The van der Waals surface area contributed by atoms with Gasteiger partial charge in [-0.3, -0.25) is 0 Å². The van der Waals surface area contributed by atoms with E-state index in [4.69, 9.17) is 4.74 Å². The van der Waals surface area contributed by atoms with Crippen molar-refractivity contribution in [3.05, 3.63) is 70.2 Å². The minimum absolute atomic E-state index is 0.0452. The minimum Gasteiger partial charge on any atom is -0.465 e. The lowest BCUT2D eigenvalue weighted by Gasteiger charge is -2.09. The monoisotopic (exact) mass is 444 g/mol. The number of hydrogen-bond acceptors (Lipinski definition) is 6. The van der Waals surface area contributed by atoms with Crippen molar-refractivity contribution in [3.63, 3.8) is 0 Å². The summed E-state index contributed by atoms with van der Waals surface area (Å²) in [6, 6.07) is 12.6. The highest BCUT2D eigenvalue weighted by molar-refractivity contribution is 7.89. The number of benzene rings is 2. The Kier molecular flexibility index (Phi) is 7.02. The van der Waals surface area contributed by atoms with Crippen LogP contribution >= 0.6 is 11.3 Å². The molecule has 2 aromatic carbocycles. The van der Waals surface area contributed by atoms with Gasteiger partial charge in [0.1, 0.15) is 5.01 Å². The summed E-state index contributed by atoms with van der Waals surface area (Å²) in [6.07, 6.45) is 1.29. The summed E-state index contributed by atoms with van der Waals surface area (Å²) < 4.78 is 32.4. The van der Waals surface area contributed by atoms with E-state index in [1.807, 2.05) is 12.3 Å². The highest BCUT2D eigenvalue weighted by Crippen LogP contribution is 2.24. The largest absolute Gasteiger partial charge is 0.465 e. The molecular formula is C22H24N2O4S2. The third kappa shape index (κ3) is 5.33. The highest BCUT2D eigenvalue weighted by atomic mass is 32.2. The molecule has 0 amide bonds. The second-order valence-electron chi connectivity index (χ2n) is 6.98. The molecule has 0 radical (unpaired) electrons. The van der Waals surface area contributed by atoms with Crippen LogP contribution in [0.2, 0.25) is 0 Å². The highest BCUT2D eigenvalue weighted by Gasteiger charge is 2.18. The first-order valence-corrected chi connectivity index (χ1v) is 11.9. The maximum Gasteiger partial charge on any atom is 0.338 e. The smallest absolute Gasteiger partial charge is 0.338 e. The normalized spacial score (nSPS) is 11.4. The Balaban J connectivity index is 1.57. The zero-order chi connectivity index (χ0) is 21.7. The molecule has 0 saturated heterocycles. The SMILES string of the molecule is COC(=O)c1cc(S(=O)(=O)NCCCc2csc(-c3ccc(C)cc3)n2)ccc1C. The quantitative estimate of drug-likeness (QED) is 0.417. The van der Waals surface area contributed by atoms with Crippen LogP contribution in [0.3, 0.4) is 0 Å². The van der Waals surface area contributed by atoms with Gasteiger partial charge < -0.3 is 4.74 Å². The van der Waals surface area contributed by atoms with Gasteiger partial charge in [0.15, 0.2) is 0 Å². The summed E-state index contributed by atoms with van der Waals surface area (Å²) in [4.78, 5) is 16.5. The van der Waals surface area contributed by atoms with E-state index in [2.05, 4.69) is 34.0 Å². The van der Waals surface area contributed by atoms with E-state index in [9.17, 15) is 13.2 Å². The van der Waals surface area contributed by atoms with Gasteiger partial charge in [0.05, 0.1) is 23.3 Å². The number of nitrogens with one attached hydrogen (secondary N) is 1. The maximum absolute atomic E-state index is 12.6. The van der Waals surface area contributed by atoms with Gasteiger partial charge in [-0.1, -0.05) is 35.9 Å². The predicted molar refractivity (Wildman–Crippen MR) is 118 cm³/mol. The van der Waals surface area contributed by atoms with Gasteiger partial charge in [0, 0.05) is 17.5 Å². The van der Waals surface area contributed by atoms with Crippen molar-refractivity contribution in [1.29, 1.82) is 0 Å². The molecule has 158 valence electrons. The van der Waals surface area contributed by atoms with Gasteiger partial charge in [-0.25, -0.2) is 22.9 Å². The standard InChI is InChI=1S/C22H24N2O4S2/c1-15-6-9-17(10-7-15)21-24-18(14-29-21)5-4-12-23-30(26,27)19-11-8-16(2)20(13-19)22(25)28-3/h6-11,13-14,23H,4-5,12H2,1-3H3. The average Bonchev–Trinajstić information content (AvgIpc) is 3.20. The van der Waals surface area contributed by atoms with Crippen molar-refractivity contribution >= 4 is 27.3 Å². The number of hydrogen-bond donors (Lipinski definition) is 1. The summed E-state index contributed by atoms with van der Waals surface area (Å²) in [6.45, 7) is 4.06. The van der Waals surface area contributed by atoms with E-state index in [0.29, 0.717) is 18.4 Å². The van der Waals surface area contributed by atoms with E-state index in [1.54, 1.807) is 24.3 Å². The van der Waals surface area contributed by atoms with Gasteiger partial charge in [-0.15, -0.1) is 11.3 Å². The lowest BCUT2D eigenvalue weighted by Crippen LogP contribution is -2.25. The number of ether oxygens (including phenoxy) is 1. The zero-order valence-electron chi connectivity index (χ0n) is 17.1. The number of carbonyl (C=O) groups excluding carboxylic acids is 1. The molecule has 1 N–H and O–H groups in total. The van der Waals surface area contributed by atoms with Crippen LogP contribution in [0.25, 0.3) is 10.6 Å². The Morgan fingerprint density at radius 1 is 1.13 bits per heavy atom. The minimum atomic E-state index is -3.71. The molecule has 0 aliphatic rings. The molecule has 1 aromatic heterocycles. The molecule has 0 saturated carbocycles. The molecule has 8 heteroatoms. The Labute approximate surface area is 181 Å². The van der Waals surface area contributed by atoms with Crippen molar-refractivity contribution in [2.75, 3.05) is 13.7 Å². The van der Waals surface area contributed by atoms with Gasteiger partial charge in [0.25, 0.3) is 0 Å². The fourth-order valence-electron chi connectivity index (χ4n) is 2.91. The first-order valence-electron chi connectivity index (χ1n) is 9.50. The molecular weight excluding hydrogens is 420 g/mol. The van der Waals surface area contributed by atoms with Crippen molar-refractivity contribution in [2.45, 2.75) is 31.6 Å². The fourth-order valence-corrected chi connectivity index (χ4v) is 4.87. The maximum atomic E-state index is 12.6. The number of methoxy groups -OCH3 is 1. The number of thiazole rings is 1. The number of aromatic nitrogens is 1. The van der Waals surface area contributed by atoms with Crippen LogP contribution < -0.4 is 4.72 Å². The summed E-state index contributed by atoms with van der Waals surface area (Å²) in [5.74, 6) is -0.558. The molecule has 3 rings (SSSR count). The number of nitrogens with zero attached hydrogens (tertiary/aromatic N) is 1. The molecule has 0 aliphatic carbocycles. The molecule has 0 fully saturated rings. The molecule has 0 unspecified atom stereocenters. The Morgan fingerprint density at radius 2 is 1.87 bits per heavy atom. The number of carbonyl (C=O) groups is 1. The van der Waals surface area contributed by atoms with Crippen molar-refractivity contribution in [3.8, 4) is 10.6 Å². The molecule has 6 nitrogen and oxygen atoms in total. The molecule has 3 aromatic rings. The lowest BCUT2D eigenvalue weighted by atomic mass is 10.1. The molecule has 1 heterocycles. The van der Waals surface area contributed by atoms with Gasteiger partial charge in [-0.05, 0) is 44.4 Å². The third-order valence-corrected chi connectivity index (χ3v) is 7.08. The first kappa shape index (κ1) is 22.1. The summed E-state index contributed by atoms with van der Waals surface area (Å²) in [7, 11) is -2.45. The number of esters is 1. The van der Waals surface area contributed by atoms with E-state index >= 15 is 0 Å². The molecule has 0 aliphatic heterocycles. The van der Waals surface area contributed by atoms with E-state index in [-0.39, 0.29) is 17.0 Å². The Morgan fingerprint density at radius 3 is 2.57 bits per heavy atom. The number of sulfonamides is 1.